The predicted octanol–water partition coefficient (Wildman–Crippen LogP) is 2.72. The van der Waals surface area contributed by atoms with Gasteiger partial charge in [0.25, 0.3) is 0 Å². The quantitative estimate of drug-likeness (QED) is 0.523. The molecule has 0 aromatic heterocycles. The Hall–Kier alpha value is 0.210. The van der Waals surface area contributed by atoms with E-state index in [1.54, 1.807) is 0 Å². The molecule has 0 heterocycles. The molecule has 1 aliphatic rings. The lowest BCUT2D eigenvalue weighted by molar-refractivity contribution is 0.278. The van der Waals surface area contributed by atoms with Gasteiger partial charge in [-0.3, -0.25) is 0 Å². The van der Waals surface area contributed by atoms with E-state index >= 15 is 0 Å². The molecule has 96 valence electrons. The second kappa shape index (κ2) is 7.52. The van der Waals surface area contributed by atoms with Gasteiger partial charge in [-0.15, -0.1) is 11.6 Å². The molecule has 0 atom stereocenters. The number of hydrogen-bond donors (Lipinski definition) is 1. The molecule has 1 saturated carbocycles. The average molecular weight is 247 g/mol. The SMILES string of the molecule is CCN(CC)CCNCC1(CCl)CCCC1. The zero-order valence-electron chi connectivity index (χ0n) is 10.9. The third-order valence-corrected chi connectivity index (χ3v) is 4.51. The monoisotopic (exact) mass is 246 g/mol. The Morgan fingerprint density at radius 2 is 1.81 bits per heavy atom. The molecule has 0 bridgehead atoms. The Kier molecular flexibility index (Phi) is 6.71. The Labute approximate surface area is 106 Å². The summed E-state index contributed by atoms with van der Waals surface area (Å²) in [5, 5.41) is 3.59. The fourth-order valence-corrected chi connectivity index (χ4v) is 2.97. The van der Waals surface area contributed by atoms with E-state index in [9.17, 15) is 0 Å². The van der Waals surface area contributed by atoms with Crippen LogP contribution in [-0.4, -0.2) is 43.5 Å². The first-order chi connectivity index (χ1) is 7.76. The number of alkyl halides is 1. The Morgan fingerprint density at radius 3 is 2.31 bits per heavy atom. The third-order valence-electron chi connectivity index (χ3n) is 3.95. The van der Waals surface area contributed by atoms with Gasteiger partial charge < -0.3 is 10.2 Å². The van der Waals surface area contributed by atoms with Gasteiger partial charge in [-0.1, -0.05) is 26.7 Å². The van der Waals surface area contributed by atoms with E-state index in [0.29, 0.717) is 5.41 Å². The van der Waals surface area contributed by atoms with Gasteiger partial charge in [0.05, 0.1) is 0 Å². The predicted molar refractivity (Wildman–Crippen MR) is 72.3 cm³/mol. The molecule has 16 heavy (non-hydrogen) atoms. The molecule has 0 aromatic rings. The van der Waals surface area contributed by atoms with Gasteiger partial charge in [-0.25, -0.2) is 0 Å². The standard InChI is InChI=1S/C13H27ClN2/c1-3-16(4-2)10-9-15-12-13(11-14)7-5-6-8-13/h15H,3-12H2,1-2H3. The van der Waals surface area contributed by atoms with Crippen molar-refractivity contribution in [3.8, 4) is 0 Å². The van der Waals surface area contributed by atoms with Crippen LogP contribution in [0.5, 0.6) is 0 Å². The molecule has 0 amide bonds. The molecule has 0 aliphatic heterocycles. The van der Waals surface area contributed by atoms with E-state index < -0.39 is 0 Å². The maximum absolute atomic E-state index is 6.11. The zero-order chi connectivity index (χ0) is 11.9. The van der Waals surface area contributed by atoms with Crippen LogP contribution >= 0.6 is 11.6 Å². The maximum atomic E-state index is 6.11. The lowest BCUT2D eigenvalue weighted by atomic mass is 9.88. The van der Waals surface area contributed by atoms with Gasteiger partial charge >= 0.3 is 0 Å². The largest absolute Gasteiger partial charge is 0.315 e. The molecule has 0 spiro atoms. The molecule has 0 saturated heterocycles. The van der Waals surface area contributed by atoms with Crippen molar-refractivity contribution < 1.29 is 0 Å². The lowest BCUT2D eigenvalue weighted by Crippen LogP contribution is -2.38. The number of nitrogens with one attached hydrogen (secondary N) is 1. The van der Waals surface area contributed by atoms with Crippen LogP contribution in [0.25, 0.3) is 0 Å². The highest BCUT2D eigenvalue weighted by atomic mass is 35.5. The van der Waals surface area contributed by atoms with E-state index in [0.717, 1.165) is 38.6 Å². The molecule has 1 N–H and O–H groups in total. The summed E-state index contributed by atoms with van der Waals surface area (Å²) in [4.78, 5) is 2.45. The topological polar surface area (TPSA) is 15.3 Å². The molecular weight excluding hydrogens is 220 g/mol. The summed E-state index contributed by atoms with van der Waals surface area (Å²) in [5.74, 6) is 0.825. The van der Waals surface area contributed by atoms with Crippen molar-refractivity contribution in [2.75, 3.05) is 38.6 Å². The summed E-state index contributed by atoms with van der Waals surface area (Å²) in [6.07, 6.45) is 5.36. The fourth-order valence-electron chi connectivity index (χ4n) is 2.61. The number of rotatable bonds is 8. The van der Waals surface area contributed by atoms with Gasteiger partial charge in [0, 0.05) is 25.5 Å². The first kappa shape index (κ1) is 14.3. The summed E-state index contributed by atoms with van der Waals surface area (Å²) in [5.41, 5.74) is 0.408. The Bertz CT molecular complexity index is 175. The number of likely N-dealkylation sites (N-methyl/N-ethyl adjacent to an activating group) is 1. The van der Waals surface area contributed by atoms with Crippen LogP contribution < -0.4 is 5.32 Å². The minimum atomic E-state index is 0.408. The summed E-state index contributed by atoms with van der Waals surface area (Å²) in [6, 6.07) is 0. The van der Waals surface area contributed by atoms with Crippen LogP contribution in [0.4, 0.5) is 0 Å². The van der Waals surface area contributed by atoms with Gasteiger partial charge in [0.15, 0.2) is 0 Å². The summed E-state index contributed by atoms with van der Waals surface area (Å²) < 4.78 is 0. The van der Waals surface area contributed by atoms with Gasteiger partial charge in [0.1, 0.15) is 0 Å². The minimum Gasteiger partial charge on any atom is -0.315 e. The first-order valence-corrected chi connectivity index (χ1v) is 7.29. The van der Waals surface area contributed by atoms with Crippen LogP contribution in [0.2, 0.25) is 0 Å². The molecule has 0 unspecified atom stereocenters. The number of nitrogens with zero attached hydrogens (tertiary/aromatic N) is 1. The minimum absolute atomic E-state index is 0.408. The second-order valence-electron chi connectivity index (χ2n) is 5.04. The average Bonchev–Trinajstić information content (AvgIpc) is 2.79. The molecule has 1 rings (SSSR count). The summed E-state index contributed by atoms with van der Waals surface area (Å²) in [7, 11) is 0. The van der Waals surface area contributed by atoms with Gasteiger partial charge in [-0.05, 0) is 31.3 Å². The number of hydrogen-bond acceptors (Lipinski definition) is 2. The third kappa shape index (κ3) is 4.23. The van der Waals surface area contributed by atoms with Crippen LogP contribution in [0.1, 0.15) is 39.5 Å². The molecule has 0 radical (unpaired) electrons. The molecule has 0 aromatic carbocycles. The molecule has 1 aliphatic carbocycles. The van der Waals surface area contributed by atoms with E-state index in [4.69, 9.17) is 11.6 Å². The van der Waals surface area contributed by atoms with E-state index in [-0.39, 0.29) is 0 Å². The molecule has 3 heteroatoms. The normalized spacial score (nSPS) is 19.5. The zero-order valence-corrected chi connectivity index (χ0v) is 11.7. The fraction of sp³-hybridized carbons (Fsp3) is 1.00. The lowest BCUT2D eigenvalue weighted by Gasteiger charge is -2.27. The van der Waals surface area contributed by atoms with Crippen molar-refractivity contribution in [2.45, 2.75) is 39.5 Å². The smallest absolute Gasteiger partial charge is 0.0292 e. The van der Waals surface area contributed by atoms with Crippen molar-refractivity contribution in [1.29, 1.82) is 0 Å². The molecule has 1 fully saturated rings. The summed E-state index contributed by atoms with van der Waals surface area (Å²) in [6.45, 7) is 10.1. The highest BCUT2D eigenvalue weighted by Gasteiger charge is 2.32. The van der Waals surface area contributed by atoms with E-state index in [1.165, 1.54) is 25.7 Å². The first-order valence-electron chi connectivity index (χ1n) is 6.75. The molecular formula is C13H27ClN2. The van der Waals surface area contributed by atoms with Crippen LogP contribution in [0, 0.1) is 5.41 Å². The molecule has 2 nitrogen and oxygen atoms in total. The van der Waals surface area contributed by atoms with Crippen LogP contribution in [0.3, 0.4) is 0 Å². The Balaban J connectivity index is 2.14. The van der Waals surface area contributed by atoms with Crippen molar-refractivity contribution in [1.82, 2.24) is 10.2 Å². The highest BCUT2D eigenvalue weighted by molar-refractivity contribution is 6.18. The van der Waals surface area contributed by atoms with Gasteiger partial charge in [-0.2, -0.15) is 0 Å². The van der Waals surface area contributed by atoms with Crippen molar-refractivity contribution in [3.05, 3.63) is 0 Å². The Morgan fingerprint density at radius 1 is 1.19 bits per heavy atom. The van der Waals surface area contributed by atoms with E-state index in [1.807, 2.05) is 0 Å². The van der Waals surface area contributed by atoms with Crippen molar-refractivity contribution >= 4 is 11.6 Å². The van der Waals surface area contributed by atoms with Crippen LogP contribution in [0.15, 0.2) is 0 Å². The maximum Gasteiger partial charge on any atom is 0.0292 e. The van der Waals surface area contributed by atoms with Crippen LogP contribution in [-0.2, 0) is 0 Å². The summed E-state index contributed by atoms with van der Waals surface area (Å²) >= 11 is 6.11. The second-order valence-corrected chi connectivity index (χ2v) is 5.31. The van der Waals surface area contributed by atoms with Gasteiger partial charge in [0.2, 0.25) is 0 Å². The van der Waals surface area contributed by atoms with E-state index in [2.05, 4.69) is 24.1 Å². The number of halogens is 1. The van der Waals surface area contributed by atoms with Crippen molar-refractivity contribution in [2.24, 2.45) is 5.41 Å². The van der Waals surface area contributed by atoms with Crippen molar-refractivity contribution in [3.63, 3.8) is 0 Å². The highest BCUT2D eigenvalue weighted by Crippen LogP contribution is 2.38.